The normalized spacial score (nSPS) is 14.3. The fraction of sp³-hybridized carbons (Fsp3) is 0.389. The number of hydrogen-bond acceptors (Lipinski definition) is 10. The van der Waals surface area contributed by atoms with Crippen LogP contribution >= 0.6 is 0 Å². The summed E-state index contributed by atoms with van der Waals surface area (Å²) in [6, 6.07) is 17.4. The first-order valence-corrected chi connectivity index (χ1v) is 15.5. The van der Waals surface area contributed by atoms with Gasteiger partial charge in [0, 0.05) is 13.0 Å². The lowest BCUT2D eigenvalue weighted by Crippen LogP contribution is -2.32. The van der Waals surface area contributed by atoms with Gasteiger partial charge in [-0.15, -0.1) is 0 Å². The summed E-state index contributed by atoms with van der Waals surface area (Å²) in [4.78, 5) is 36.6. The molecule has 1 aliphatic heterocycles. The number of rotatable bonds is 12. The Morgan fingerprint density at radius 2 is 1.55 bits per heavy atom. The van der Waals surface area contributed by atoms with E-state index in [1.807, 2.05) is 30.3 Å². The first kappa shape index (κ1) is 33.5. The predicted molar refractivity (Wildman–Crippen MR) is 177 cm³/mol. The van der Waals surface area contributed by atoms with E-state index >= 15 is 0 Å². The molecule has 11 nitrogen and oxygen atoms in total. The van der Waals surface area contributed by atoms with Crippen molar-refractivity contribution in [3.8, 4) is 11.8 Å². The fourth-order valence-corrected chi connectivity index (χ4v) is 5.96. The van der Waals surface area contributed by atoms with E-state index in [9.17, 15) is 9.59 Å². The van der Waals surface area contributed by atoms with Crippen LogP contribution in [0, 0.1) is 6.92 Å². The molecule has 0 spiro atoms. The number of furan rings is 1. The zero-order valence-electron chi connectivity index (χ0n) is 28.2. The van der Waals surface area contributed by atoms with E-state index in [1.165, 1.54) is 19.8 Å². The van der Waals surface area contributed by atoms with Crippen molar-refractivity contribution in [2.24, 2.45) is 0 Å². The number of anilines is 2. The van der Waals surface area contributed by atoms with Crippen molar-refractivity contribution in [1.29, 1.82) is 0 Å². The van der Waals surface area contributed by atoms with E-state index in [1.54, 1.807) is 24.0 Å². The molecule has 3 heterocycles. The minimum Gasteiger partial charge on any atom is -0.479 e. The van der Waals surface area contributed by atoms with Gasteiger partial charge in [-0.2, -0.15) is 9.97 Å². The van der Waals surface area contributed by atoms with Crippen LogP contribution in [0.15, 0.2) is 59.0 Å². The number of benzene rings is 2. The number of methoxy groups -OCH3 is 2. The highest BCUT2D eigenvalue weighted by Gasteiger charge is 2.43. The number of carbonyl (C=O) groups is 2. The molecule has 2 aromatic heterocycles. The lowest BCUT2D eigenvalue weighted by molar-refractivity contribution is -0.141. The average molecular weight is 643 g/mol. The zero-order valence-corrected chi connectivity index (χ0v) is 28.2. The summed E-state index contributed by atoms with van der Waals surface area (Å²) in [5.74, 6) is 0.0345. The Morgan fingerprint density at radius 3 is 2.17 bits per heavy atom. The largest absolute Gasteiger partial charge is 0.479 e. The number of hydrogen-bond donors (Lipinski definition) is 1. The number of ether oxygens (including phenoxy) is 4. The van der Waals surface area contributed by atoms with Gasteiger partial charge < -0.3 is 33.6 Å². The lowest BCUT2D eigenvalue weighted by atomic mass is 9.86. The molecular weight excluding hydrogens is 600 g/mol. The Labute approximate surface area is 275 Å². The summed E-state index contributed by atoms with van der Waals surface area (Å²) in [5, 5.41) is 2.78. The number of nitrogens with zero attached hydrogens (tertiary/aromatic N) is 3. The Hall–Kier alpha value is -4.90. The van der Waals surface area contributed by atoms with Crippen molar-refractivity contribution in [3.05, 3.63) is 93.9 Å². The second kappa shape index (κ2) is 13.4. The Balaban J connectivity index is 1.38. The van der Waals surface area contributed by atoms with Crippen LogP contribution < -0.4 is 19.7 Å². The van der Waals surface area contributed by atoms with Crippen molar-refractivity contribution >= 4 is 23.5 Å². The molecule has 2 aromatic carbocycles. The maximum Gasteiger partial charge on any atom is 0.325 e. The fourth-order valence-electron chi connectivity index (χ4n) is 5.96. The first-order chi connectivity index (χ1) is 22.3. The molecule has 11 heteroatoms. The summed E-state index contributed by atoms with van der Waals surface area (Å²) in [7, 11) is 2.84. The van der Waals surface area contributed by atoms with Crippen LogP contribution in [-0.2, 0) is 38.4 Å². The second-order valence-electron chi connectivity index (χ2n) is 12.4. The summed E-state index contributed by atoms with van der Waals surface area (Å²) in [5.41, 5.74) is 4.82. The molecule has 248 valence electrons. The van der Waals surface area contributed by atoms with Gasteiger partial charge in [-0.25, -0.2) is 0 Å². The quantitative estimate of drug-likeness (QED) is 0.176. The monoisotopic (exact) mass is 642 g/mol. The van der Waals surface area contributed by atoms with Crippen LogP contribution in [0.5, 0.6) is 11.8 Å². The zero-order chi connectivity index (χ0) is 33.9. The minimum atomic E-state index is -0.529. The maximum absolute atomic E-state index is 13.4. The number of carbonyl (C=O) groups excluding carboxylic acids is 2. The van der Waals surface area contributed by atoms with Crippen molar-refractivity contribution in [2.75, 3.05) is 37.6 Å². The maximum atomic E-state index is 13.4. The third-order valence-corrected chi connectivity index (χ3v) is 8.11. The molecule has 0 bridgehead atoms. The molecule has 0 saturated heterocycles. The molecular formula is C36H42N4O7. The molecule has 0 saturated carbocycles. The van der Waals surface area contributed by atoms with Crippen molar-refractivity contribution in [3.63, 3.8) is 0 Å². The second-order valence-corrected chi connectivity index (χ2v) is 12.4. The van der Waals surface area contributed by atoms with Crippen LogP contribution in [0.25, 0.3) is 0 Å². The van der Waals surface area contributed by atoms with E-state index < -0.39 is 17.5 Å². The molecule has 1 aliphatic rings. The van der Waals surface area contributed by atoms with Crippen LogP contribution in [0.2, 0.25) is 0 Å². The predicted octanol–water partition coefficient (Wildman–Crippen LogP) is 6.31. The molecule has 0 atom stereocenters. The van der Waals surface area contributed by atoms with Gasteiger partial charge in [0.1, 0.15) is 12.3 Å². The van der Waals surface area contributed by atoms with E-state index in [0.717, 1.165) is 22.3 Å². The number of amides is 1. The summed E-state index contributed by atoms with van der Waals surface area (Å²) in [6.45, 7) is 12.6. The SMILES string of the molecule is CCOC(=O)CN(Cc1ccccc1)c1nc(OC)c(NC(=O)c2ccc(Cc3cc4c(cc3C)C(C)(C)OC4(C)C)o2)c(OC)n1. The molecule has 47 heavy (non-hydrogen) atoms. The number of fused-ring (bicyclic) bond motifs is 1. The van der Waals surface area contributed by atoms with E-state index in [2.05, 4.69) is 62.0 Å². The van der Waals surface area contributed by atoms with Crippen LogP contribution in [0.3, 0.4) is 0 Å². The van der Waals surface area contributed by atoms with Gasteiger partial charge in [0.05, 0.1) is 32.0 Å². The van der Waals surface area contributed by atoms with Crippen molar-refractivity contribution in [1.82, 2.24) is 9.97 Å². The molecule has 0 fully saturated rings. The Kier molecular flexibility index (Phi) is 9.58. The molecule has 0 unspecified atom stereocenters. The van der Waals surface area contributed by atoms with Gasteiger partial charge >= 0.3 is 5.97 Å². The van der Waals surface area contributed by atoms with Crippen molar-refractivity contribution < 1.29 is 33.0 Å². The molecule has 1 N–H and O–H groups in total. The number of aromatic nitrogens is 2. The highest BCUT2D eigenvalue weighted by atomic mass is 16.5. The third-order valence-electron chi connectivity index (χ3n) is 8.11. The van der Waals surface area contributed by atoms with Gasteiger partial charge in [-0.3, -0.25) is 9.59 Å². The van der Waals surface area contributed by atoms with Gasteiger partial charge in [0.25, 0.3) is 5.91 Å². The van der Waals surface area contributed by atoms with Crippen LogP contribution in [-0.4, -0.2) is 49.2 Å². The highest BCUT2D eigenvalue weighted by Crippen LogP contribution is 2.47. The Bertz CT molecular complexity index is 1740. The van der Waals surface area contributed by atoms with Crippen LogP contribution in [0.1, 0.15) is 78.8 Å². The Morgan fingerprint density at radius 1 is 0.915 bits per heavy atom. The standard InChI is InChI=1S/C36H42N4O7/c1-9-45-29(41)21-40(20-23-13-11-10-12-14-23)34-38-32(43-7)30(33(39-34)44-8)37-31(42)28-16-15-25(46-28)18-24-19-27-26(17-22(24)2)35(3,4)47-36(27,5)6/h10-17,19H,9,18,20-21H2,1-8H3,(H,37,42). The van der Waals surface area contributed by atoms with E-state index in [-0.39, 0.29) is 47.9 Å². The third kappa shape index (κ3) is 7.25. The summed E-state index contributed by atoms with van der Waals surface area (Å²) in [6.07, 6.45) is 0.505. The number of esters is 1. The van der Waals surface area contributed by atoms with Gasteiger partial charge in [0.2, 0.25) is 17.7 Å². The molecule has 5 rings (SSSR count). The molecule has 4 aromatic rings. The summed E-state index contributed by atoms with van der Waals surface area (Å²) >= 11 is 0. The van der Waals surface area contributed by atoms with Crippen molar-refractivity contribution in [2.45, 2.75) is 65.7 Å². The van der Waals surface area contributed by atoms with E-state index in [4.69, 9.17) is 23.4 Å². The minimum absolute atomic E-state index is 0.0513. The molecule has 0 aliphatic carbocycles. The van der Waals surface area contributed by atoms with Gasteiger partial charge in [0.15, 0.2) is 11.4 Å². The first-order valence-electron chi connectivity index (χ1n) is 15.5. The lowest BCUT2D eigenvalue weighted by Gasteiger charge is -2.24. The van der Waals surface area contributed by atoms with E-state index in [0.29, 0.717) is 18.7 Å². The van der Waals surface area contributed by atoms with Gasteiger partial charge in [-0.05, 0) is 81.5 Å². The average Bonchev–Trinajstić information content (AvgIpc) is 3.56. The topological polar surface area (TPSA) is 125 Å². The highest BCUT2D eigenvalue weighted by molar-refractivity contribution is 6.03. The van der Waals surface area contributed by atoms with Crippen LogP contribution in [0.4, 0.5) is 11.6 Å². The number of nitrogens with one attached hydrogen (secondary N) is 1. The smallest absolute Gasteiger partial charge is 0.325 e. The number of aryl methyl sites for hydroxylation is 1. The summed E-state index contributed by atoms with van der Waals surface area (Å²) < 4.78 is 28.6. The molecule has 1 amide bonds. The molecule has 0 radical (unpaired) electrons. The van der Waals surface area contributed by atoms with Gasteiger partial charge in [-0.1, -0.05) is 42.5 Å².